The first kappa shape index (κ1) is 13.4. The number of rotatable bonds is 6. The van der Waals surface area contributed by atoms with Crippen LogP contribution < -0.4 is 10.1 Å². The molecule has 0 radical (unpaired) electrons. The first-order valence-corrected chi connectivity index (χ1v) is 6.76. The van der Waals surface area contributed by atoms with Crippen LogP contribution in [0.5, 0.6) is 5.75 Å². The van der Waals surface area contributed by atoms with E-state index in [1.165, 1.54) is 31.2 Å². The molecule has 1 atom stereocenters. The first-order valence-electron chi connectivity index (χ1n) is 6.76. The summed E-state index contributed by atoms with van der Waals surface area (Å²) in [6.07, 6.45) is 5.43. The number of benzene rings is 1. The van der Waals surface area contributed by atoms with Gasteiger partial charge in [-0.1, -0.05) is 12.1 Å². The van der Waals surface area contributed by atoms with E-state index in [9.17, 15) is 0 Å². The van der Waals surface area contributed by atoms with Crippen LogP contribution in [0.2, 0.25) is 0 Å². The fourth-order valence-corrected chi connectivity index (χ4v) is 2.49. The topological polar surface area (TPSA) is 30.5 Å². The van der Waals surface area contributed by atoms with Gasteiger partial charge in [0, 0.05) is 7.11 Å². The van der Waals surface area contributed by atoms with Crippen LogP contribution in [0, 0.1) is 0 Å². The van der Waals surface area contributed by atoms with Gasteiger partial charge in [-0.05, 0) is 50.4 Å². The molecule has 0 saturated heterocycles. The van der Waals surface area contributed by atoms with E-state index >= 15 is 0 Å². The molecule has 0 aliphatic heterocycles. The molecule has 1 saturated carbocycles. The smallest absolute Gasteiger partial charge is 0.119 e. The van der Waals surface area contributed by atoms with Gasteiger partial charge < -0.3 is 14.8 Å². The van der Waals surface area contributed by atoms with Crippen molar-refractivity contribution in [2.24, 2.45) is 0 Å². The molecule has 2 rings (SSSR count). The largest absolute Gasteiger partial charge is 0.490 e. The molecule has 3 nitrogen and oxygen atoms in total. The van der Waals surface area contributed by atoms with Crippen molar-refractivity contribution < 1.29 is 9.47 Å². The predicted molar refractivity (Wildman–Crippen MR) is 73.0 cm³/mol. The number of likely N-dealkylation sites (N-methyl/N-ethyl adjacent to an activating group) is 1. The molecular formula is C15H23NO2. The van der Waals surface area contributed by atoms with E-state index in [2.05, 4.69) is 29.6 Å². The molecule has 100 valence electrons. The Balaban J connectivity index is 1.95. The molecule has 0 amide bonds. The van der Waals surface area contributed by atoms with Crippen LogP contribution in [0.4, 0.5) is 0 Å². The van der Waals surface area contributed by atoms with Crippen LogP contribution >= 0.6 is 0 Å². The normalized spacial score (nSPS) is 17.9. The molecule has 0 heterocycles. The molecule has 1 aliphatic carbocycles. The van der Waals surface area contributed by atoms with E-state index in [1.54, 1.807) is 7.11 Å². The van der Waals surface area contributed by atoms with Gasteiger partial charge in [0.25, 0.3) is 0 Å². The van der Waals surface area contributed by atoms with E-state index in [1.807, 2.05) is 7.05 Å². The van der Waals surface area contributed by atoms with Crippen LogP contribution in [-0.2, 0) is 4.74 Å². The Morgan fingerprint density at radius 3 is 2.44 bits per heavy atom. The molecule has 3 heteroatoms. The zero-order valence-electron chi connectivity index (χ0n) is 11.3. The van der Waals surface area contributed by atoms with Gasteiger partial charge in [0.2, 0.25) is 0 Å². The second-order valence-electron chi connectivity index (χ2n) is 4.89. The molecule has 0 aromatic heterocycles. The average Bonchev–Trinajstić information content (AvgIpc) is 2.90. The molecule has 0 spiro atoms. The second-order valence-corrected chi connectivity index (χ2v) is 4.89. The number of methoxy groups -OCH3 is 1. The summed E-state index contributed by atoms with van der Waals surface area (Å²) in [6, 6.07) is 8.60. The number of nitrogens with one attached hydrogen (secondary N) is 1. The van der Waals surface area contributed by atoms with Crippen molar-refractivity contribution in [2.75, 3.05) is 20.8 Å². The summed E-state index contributed by atoms with van der Waals surface area (Å²) in [6.45, 7) is 0.680. The van der Waals surface area contributed by atoms with Gasteiger partial charge in [0.05, 0.1) is 18.8 Å². The van der Waals surface area contributed by atoms with Gasteiger partial charge in [0.1, 0.15) is 5.75 Å². The fraction of sp³-hybridized carbons (Fsp3) is 0.600. The Labute approximate surface area is 109 Å². The van der Waals surface area contributed by atoms with Crippen molar-refractivity contribution in [3.8, 4) is 5.75 Å². The molecule has 1 aliphatic rings. The van der Waals surface area contributed by atoms with Gasteiger partial charge >= 0.3 is 0 Å². The van der Waals surface area contributed by atoms with Crippen LogP contribution in [-0.4, -0.2) is 26.9 Å². The summed E-state index contributed by atoms with van der Waals surface area (Å²) in [5.74, 6) is 0.984. The molecule has 1 aromatic carbocycles. The minimum atomic E-state index is 0.246. The Hall–Kier alpha value is -1.06. The maximum absolute atomic E-state index is 5.95. The maximum Gasteiger partial charge on any atom is 0.119 e. The second kappa shape index (κ2) is 6.76. The lowest BCUT2D eigenvalue weighted by molar-refractivity contribution is 0.170. The molecule has 0 bridgehead atoms. The van der Waals surface area contributed by atoms with Crippen LogP contribution in [0.15, 0.2) is 24.3 Å². The highest BCUT2D eigenvalue weighted by atomic mass is 16.5. The van der Waals surface area contributed by atoms with E-state index in [4.69, 9.17) is 9.47 Å². The lowest BCUT2D eigenvalue weighted by Crippen LogP contribution is -2.21. The Bertz CT molecular complexity index is 344. The van der Waals surface area contributed by atoms with Crippen LogP contribution in [0.3, 0.4) is 0 Å². The lowest BCUT2D eigenvalue weighted by Gasteiger charge is -2.17. The third kappa shape index (κ3) is 3.47. The monoisotopic (exact) mass is 249 g/mol. The van der Waals surface area contributed by atoms with E-state index in [-0.39, 0.29) is 6.04 Å². The molecule has 1 N–H and O–H groups in total. The van der Waals surface area contributed by atoms with Crippen molar-refractivity contribution in [1.29, 1.82) is 0 Å². The lowest BCUT2D eigenvalue weighted by atomic mass is 10.1. The first-order chi connectivity index (χ1) is 8.83. The number of ether oxygens (including phenoxy) is 2. The standard InChI is InChI=1S/C15H23NO2/c1-16-15(11-17-2)12-7-9-14(10-8-12)18-13-5-3-4-6-13/h7-10,13,15-16H,3-6,11H2,1-2H3. The molecule has 18 heavy (non-hydrogen) atoms. The van der Waals surface area contributed by atoms with Crippen LogP contribution in [0.1, 0.15) is 37.3 Å². The third-order valence-electron chi connectivity index (χ3n) is 3.57. The van der Waals surface area contributed by atoms with Gasteiger partial charge in [-0.25, -0.2) is 0 Å². The molecule has 1 fully saturated rings. The van der Waals surface area contributed by atoms with E-state index in [0.29, 0.717) is 12.7 Å². The Morgan fingerprint density at radius 1 is 1.22 bits per heavy atom. The maximum atomic E-state index is 5.95. The highest BCUT2D eigenvalue weighted by Gasteiger charge is 2.16. The van der Waals surface area contributed by atoms with Crippen molar-refractivity contribution in [1.82, 2.24) is 5.32 Å². The molecular weight excluding hydrogens is 226 g/mol. The van der Waals surface area contributed by atoms with Gasteiger partial charge in [0.15, 0.2) is 0 Å². The van der Waals surface area contributed by atoms with Crippen molar-refractivity contribution in [2.45, 2.75) is 37.8 Å². The fourth-order valence-electron chi connectivity index (χ4n) is 2.49. The van der Waals surface area contributed by atoms with Crippen LogP contribution in [0.25, 0.3) is 0 Å². The molecule has 1 unspecified atom stereocenters. The highest BCUT2D eigenvalue weighted by Crippen LogP contribution is 2.25. The number of hydrogen-bond donors (Lipinski definition) is 1. The van der Waals surface area contributed by atoms with Crippen molar-refractivity contribution in [3.63, 3.8) is 0 Å². The Morgan fingerprint density at radius 2 is 1.89 bits per heavy atom. The summed E-state index contributed by atoms with van der Waals surface area (Å²) < 4.78 is 11.1. The van der Waals surface area contributed by atoms with Gasteiger partial charge in [-0.3, -0.25) is 0 Å². The summed E-state index contributed by atoms with van der Waals surface area (Å²) in [7, 11) is 3.68. The number of hydrogen-bond acceptors (Lipinski definition) is 3. The summed E-state index contributed by atoms with van der Waals surface area (Å²) in [5, 5.41) is 3.25. The quantitative estimate of drug-likeness (QED) is 0.841. The summed E-state index contributed by atoms with van der Waals surface area (Å²) in [4.78, 5) is 0. The third-order valence-corrected chi connectivity index (χ3v) is 3.57. The van der Waals surface area contributed by atoms with Gasteiger partial charge in [-0.2, -0.15) is 0 Å². The summed E-state index contributed by atoms with van der Waals surface area (Å²) >= 11 is 0. The van der Waals surface area contributed by atoms with Gasteiger partial charge in [-0.15, -0.1) is 0 Å². The van der Waals surface area contributed by atoms with E-state index in [0.717, 1.165) is 5.75 Å². The zero-order chi connectivity index (χ0) is 12.8. The van der Waals surface area contributed by atoms with Crippen molar-refractivity contribution >= 4 is 0 Å². The van der Waals surface area contributed by atoms with E-state index < -0.39 is 0 Å². The Kier molecular flexibility index (Phi) is 5.02. The zero-order valence-corrected chi connectivity index (χ0v) is 11.3. The average molecular weight is 249 g/mol. The summed E-state index contributed by atoms with van der Waals surface area (Å²) in [5.41, 5.74) is 1.23. The van der Waals surface area contributed by atoms with Crippen molar-refractivity contribution in [3.05, 3.63) is 29.8 Å². The SMILES string of the molecule is CNC(COC)c1ccc(OC2CCCC2)cc1. The predicted octanol–water partition coefficient (Wildman–Crippen LogP) is 2.91. The minimum absolute atomic E-state index is 0.246. The highest BCUT2D eigenvalue weighted by molar-refractivity contribution is 5.29. The minimum Gasteiger partial charge on any atom is -0.490 e. The molecule has 1 aromatic rings.